The number of rotatable bonds is 3. The van der Waals surface area contributed by atoms with Gasteiger partial charge < -0.3 is 9.47 Å². The summed E-state index contributed by atoms with van der Waals surface area (Å²) in [7, 11) is 2.84. The van der Waals surface area contributed by atoms with Gasteiger partial charge in [0.1, 0.15) is 0 Å². The molecule has 0 N–H and O–H groups in total. The van der Waals surface area contributed by atoms with E-state index in [0.717, 1.165) is 5.56 Å². The average molecular weight is 204 g/mol. The number of carbonyl (C=O) groups is 1. The summed E-state index contributed by atoms with van der Waals surface area (Å²) in [4.78, 5) is 10.9. The fraction of sp³-hybridized carbons (Fsp3) is 0.167. The molecule has 0 aliphatic rings. The number of carbonyl (C=O) groups excluding carboxylic acids is 1. The molecule has 3 heteroatoms. The Labute approximate surface area is 88.6 Å². The van der Waals surface area contributed by atoms with E-state index in [1.807, 2.05) is 30.3 Å². The lowest BCUT2D eigenvalue weighted by Gasteiger charge is -2.01. The fourth-order valence-electron chi connectivity index (χ4n) is 1.03. The topological polar surface area (TPSA) is 35.5 Å². The van der Waals surface area contributed by atoms with E-state index in [0.29, 0.717) is 5.76 Å². The van der Waals surface area contributed by atoms with Crippen molar-refractivity contribution < 1.29 is 14.3 Å². The summed E-state index contributed by atoms with van der Waals surface area (Å²) in [5.74, 6) is 0.0430. The van der Waals surface area contributed by atoms with Crippen molar-refractivity contribution >= 4 is 11.7 Å². The van der Waals surface area contributed by atoms with Crippen LogP contribution >= 0.6 is 0 Å². The molecule has 0 atom stereocenters. The molecule has 15 heavy (non-hydrogen) atoms. The molecule has 0 spiro atoms. The highest BCUT2D eigenvalue weighted by Gasteiger charge is 1.98. The van der Waals surface area contributed by atoms with E-state index < -0.39 is 5.97 Å². The summed E-state index contributed by atoms with van der Waals surface area (Å²) in [6.45, 7) is 0. The molecule has 0 bridgehead atoms. The highest BCUT2D eigenvalue weighted by atomic mass is 16.5. The van der Waals surface area contributed by atoms with Crippen LogP contribution in [0.4, 0.5) is 0 Å². The summed E-state index contributed by atoms with van der Waals surface area (Å²) in [5, 5.41) is 0. The van der Waals surface area contributed by atoms with Gasteiger partial charge in [-0.15, -0.1) is 0 Å². The van der Waals surface area contributed by atoms with Crippen LogP contribution in [0.25, 0.3) is 5.76 Å². The second-order valence-corrected chi connectivity index (χ2v) is 2.71. The van der Waals surface area contributed by atoms with Crippen molar-refractivity contribution in [2.45, 2.75) is 0 Å². The molecule has 0 heterocycles. The number of methoxy groups -OCH3 is 2. The monoisotopic (exact) mass is 204 g/mol. The highest BCUT2D eigenvalue weighted by molar-refractivity contribution is 5.82. The van der Waals surface area contributed by atoms with Gasteiger partial charge in [0.15, 0.2) is 5.76 Å². The molecular weight excluding hydrogens is 192 g/mol. The van der Waals surface area contributed by atoms with Crippen LogP contribution in [0.5, 0.6) is 0 Å². The smallest absolute Gasteiger partial charge is 0.338 e. The van der Waals surface area contributed by atoms with E-state index in [4.69, 9.17) is 4.74 Å². The molecule has 0 aliphatic heterocycles. The molecule has 0 fully saturated rings. The zero-order chi connectivity index (χ0) is 11.1. The minimum absolute atomic E-state index is 0.458. The molecule has 0 radical (unpaired) electrons. The summed E-state index contributed by atoms with van der Waals surface area (Å²) in [5.41, 5.74) is 3.59. The van der Waals surface area contributed by atoms with Gasteiger partial charge in [-0.25, -0.2) is 4.79 Å². The third kappa shape index (κ3) is 3.33. The predicted molar refractivity (Wildman–Crippen MR) is 57.0 cm³/mol. The third-order valence-corrected chi connectivity index (χ3v) is 1.76. The highest BCUT2D eigenvalue weighted by Crippen LogP contribution is 2.12. The van der Waals surface area contributed by atoms with Crippen LogP contribution in [-0.4, -0.2) is 20.2 Å². The summed E-state index contributed by atoms with van der Waals surface area (Å²) >= 11 is 0. The van der Waals surface area contributed by atoms with E-state index in [2.05, 4.69) is 10.5 Å². The molecule has 0 aromatic heterocycles. The Bertz CT molecular complexity index is 387. The Hall–Kier alpha value is -1.99. The van der Waals surface area contributed by atoms with Crippen molar-refractivity contribution in [1.82, 2.24) is 0 Å². The van der Waals surface area contributed by atoms with Crippen molar-refractivity contribution in [2.24, 2.45) is 0 Å². The Balaban J connectivity index is 2.99. The Morgan fingerprint density at radius 2 is 1.87 bits per heavy atom. The lowest BCUT2D eigenvalue weighted by molar-refractivity contribution is -0.134. The first-order valence-corrected chi connectivity index (χ1v) is 4.42. The quantitative estimate of drug-likeness (QED) is 0.327. The number of hydrogen-bond acceptors (Lipinski definition) is 3. The maximum Gasteiger partial charge on any atom is 0.338 e. The second kappa shape index (κ2) is 5.68. The second-order valence-electron chi connectivity index (χ2n) is 2.71. The molecule has 1 rings (SSSR count). The van der Waals surface area contributed by atoms with E-state index in [-0.39, 0.29) is 0 Å². The standard InChI is InChI=1S/C12H12O3/c1-14-11(8-9-12(13)15-2)10-6-4-3-5-7-10/h3-7,9H,1-2H3. The minimum Gasteiger partial charge on any atom is -0.489 e. The zero-order valence-electron chi connectivity index (χ0n) is 8.69. The molecule has 0 saturated carbocycles. The van der Waals surface area contributed by atoms with Crippen molar-refractivity contribution in [3.63, 3.8) is 0 Å². The molecule has 0 amide bonds. The third-order valence-electron chi connectivity index (χ3n) is 1.76. The summed E-state index contributed by atoms with van der Waals surface area (Å²) in [6.07, 6.45) is 1.20. The average Bonchev–Trinajstić information content (AvgIpc) is 2.31. The van der Waals surface area contributed by atoms with Crippen LogP contribution in [0.15, 0.2) is 42.1 Å². The van der Waals surface area contributed by atoms with Gasteiger partial charge in [-0.3, -0.25) is 0 Å². The number of hydrogen-bond donors (Lipinski definition) is 0. The van der Waals surface area contributed by atoms with Gasteiger partial charge in [0.25, 0.3) is 0 Å². The number of esters is 1. The van der Waals surface area contributed by atoms with Crippen molar-refractivity contribution in [3.05, 3.63) is 47.7 Å². The molecule has 1 aromatic carbocycles. The number of benzene rings is 1. The fourth-order valence-corrected chi connectivity index (χ4v) is 1.03. The van der Waals surface area contributed by atoms with Gasteiger partial charge in [-0.05, 0) is 0 Å². The molecule has 1 aromatic rings. The van der Waals surface area contributed by atoms with E-state index in [1.54, 1.807) is 0 Å². The van der Waals surface area contributed by atoms with Crippen LogP contribution in [0.2, 0.25) is 0 Å². The lowest BCUT2D eigenvalue weighted by atomic mass is 10.2. The number of ether oxygens (including phenoxy) is 2. The maximum atomic E-state index is 10.9. The Morgan fingerprint density at radius 3 is 2.40 bits per heavy atom. The molecule has 0 unspecified atom stereocenters. The van der Waals surface area contributed by atoms with Gasteiger partial charge in [-0.1, -0.05) is 36.1 Å². The molecule has 0 aliphatic carbocycles. The normalized spacial score (nSPS) is 8.67. The van der Waals surface area contributed by atoms with E-state index in [1.165, 1.54) is 20.3 Å². The first-order chi connectivity index (χ1) is 7.27. The van der Waals surface area contributed by atoms with E-state index in [9.17, 15) is 4.79 Å². The molecule has 78 valence electrons. The van der Waals surface area contributed by atoms with Crippen molar-refractivity contribution in [2.75, 3.05) is 14.2 Å². The largest absolute Gasteiger partial charge is 0.489 e. The SMILES string of the molecule is COC(=O)C=C=C(OC)c1ccccc1. The van der Waals surface area contributed by atoms with Crippen LogP contribution in [0.1, 0.15) is 5.56 Å². The van der Waals surface area contributed by atoms with Crippen LogP contribution in [0.3, 0.4) is 0 Å². The first kappa shape index (κ1) is 11.1. The van der Waals surface area contributed by atoms with Gasteiger partial charge in [0.05, 0.1) is 20.3 Å². The zero-order valence-corrected chi connectivity index (χ0v) is 8.69. The first-order valence-electron chi connectivity index (χ1n) is 4.42. The van der Waals surface area contributed by atoms with Gasteiger partial charge in [0, 0.05) is 5.56 Å². The maximum absolute atomic E-state index is 10.9. The summed E-state index contributed by atoms with van der Waals surface area (Å²) in [6, 6.07) is 9.41. The molecular formula is C12H12O3. The Kier molecular flexibility index (Phi) is 4.20. The summed E-state index contributed by atoms with van der Waals surface area (Å²) < 4.78 is 9.55. The van der Waals surface area contributed by atoms with Crippen LogP contribution < -0.4 is 0 Å². The Morgan fingerprint density at radius 1 is 1.20 bits per heavy atom. The lowest BCUT2D eigenvalue weighted by Crippen LogP contribution is -1.93. The van der Waals surface area contributed by atoms with Crippen molar-refractivity contribution in [3.8, 4) is 0 Å². The molecule has 0 saturated heterocycles. The van der Waals surface area contributed by atoms with Crippen molar-refractivity contribution in [1.29, 1.82) is 0 Å². The minimum atomic E-state index is -0.458. The van der Waals surface area contributed by atoms with Gasteiger partial charge in [0.2, 0.25) is 0 Å². The molecule has 3 nitrogen and oxygen atoms in total. The van der Waals surface area contributed by atoms with Gasteiger partial charge in [-0.2, -0.15) is 0 Å². The van der Waals surface area contributed by atoms with E-state index >= 15 is 0 Å². The van der Waals surface area contributed by atoms with Crippen LogP contribution in [-0.2, 0) is 14.3 Å². The van der Waals surface area contributed by atoms with Gasteiger partial charge >= 0.3 is 5.97 Å². The van der Waals surface area contributed by atoms with Crippen LogP contribution in [0, 0.1) is 0 Å². The predicted octanol–water partition coefficient (Wildman–Crippen LogP) is 2.00.